The third-order valence-corrected chi connectivity index (χ3v) is 7.83. The number of nitrogens with zero attached hydrogens (tertiary/aromatic N) is 2. The molecule has 0 saturated carbocycles. The van der Waals surface area contributed by atoms with Gasteiger partial charge in [-0.15, -0.1) is 0 Å². The maximum Gasteiger partial charge on any atom is 0.406 e. The molecule has 2 aromatic carbocycles. The molecule has 0 radical (unpaired) electrons. The largest absolute Gasteiger partial charge is 0.495 e. The fourth-order valence-electron chi connectivity index (χ4n) is 4.30. The number of nitriles is 1. The standard InChI is InChI=1S/C26H25F3N4O3S/c1-36-25-14-18(16-30)7-8-23(25)31-11-3-4-20-15-21-22(32-19-9-12-37(34,35)13-10-19)5-2-6-24(21)33(20)17-26(27,28)29/h2,5-8,14-15,19,31-32H,9-13,17H2,1H3. The van der Waals surface area contributed by atoms with Gasteiger partial charge in [0.05, 0.1) is 53.7 Å². The Bertz CT molecular complexity index is 1500. The molecule has 0 spiro atoms. The van der Waals surface area contributed by atoms with Gasteiger partial charge >= 0.3 is 6.18 Å². The summed E-state index contributed by atoms with van der Waals surface area (Å²) in [5.74, 6) is 6.35. The summed E-state index contributed by atoms with van der Waals surface area (Å²) in [6, 6.07) is 13.5. The summed E-state index contributed by atoms with van der Waals surface area (Å²) in [7, 11) is -1.56. The van der Waals surface area contributed by atoms with Crippen LogP contribution in [-0.2, 0) is 16.4 Å². The van der Waals surface area contributed by atoms with Gasteiger partial charge in [-0.05, 0) is 49.1 Å². The van der Waals surface area contributed by atoms with Crippen LogP contribution in [0.4, 0.5) is 24.5 Å². The topological polar surface area (TPSA) is 96.2 Å². The second-order valence-corrected chi connectivity index (χ2v) is 11.0. The van der Waals surface area contributed by atoms with Crippen molar-refractivity contribution in [2.45, 2.75) is 31.6 Å². The Hall–Kier alpha value is -3.83. The van der Waals surface area contributed by atoms with Crippen LogP contribution in [0.1, 0.15) is 24.1 Å². The zero-order valence-corrected chi connectivity index (χ0v) is 20.8. The van der Waals surface area contributed by atoms with Crippen molar-refractivity contribution in [2.24, 2.45) is 0 Å². The second-order valence-electron chi connectivity index (χ2n) is 8.72. The SMILES string of the molecule is COc1cc(C#N)ccc1NCC#Cc1cc2c(NC3CCS(=O)(=O)CC3)cccc2n1CC(F)(F)F. The van der Waals surface area contributed by atoms with Crippen molar-refractivity contribution in [1.82, 2.24) is 4.57 Å². The van der Waals surface area contributed by atoms with E-state index < -0.39 is 22.6 Å². The molecule has 0 aliphatic carbocycles. The number of anilines is 2. The number of hydrogen-bond acceptors (Lipinski definition) is 6. The van der Waals surface area contributed by atoms with Crippen molar-refractivity contribution >= 4 is 32.1 Å². The average molecular weight is 531 g/mol. The molecule has 37 heavy (non-hydrogen) atoms. The van der Waals surface area contributed by atoms with Crippen molar-refractivity contribution in [1.29, 1.82) is 5.26 Å². The molecule has 2 N–H and O–H groups in total. The van der Waals surface area contributed by atoms with Crippen LogP contribution in [0.2, 0.25) is 0 Å². The molecule has 7 nitrogen and oxygen atoms in total. The first-order valence-corrected chi connectivity index (χ1v) is 13.4. The zero-order chi connectivity index (χ0) is 26.6. The quantitative estimate of drug-likeness (QED) is 0.455. The van der Waals surface area contributed by atoms with Crippen LogP contribution in [0.5, 0.6) is 5.75 Å². The summed E-state index contributed by atoms with van der Waals surface area (Å²) in [5.41, 5.74) is 2.28. The molecule has 0 unspecified atom stereocenters. The number of sulfone groups is 1. The van der Waals surface area contributed by atoms with E-state index in [9.17, 15) is 21.6 Å². The van der Waals surface area contributed by atoms with E-state index in [2.05, 4.69) is 22.5 Å². The Balaban J connectivity index is 1.60. The number of hydrogen-bond donors (Lipinski definition) is 2. The number of ether oxygens (including phenoxy) is 1. The Labute approximate surface area is 213 Å². The first kappa shape index (κ1) is 26.2. The predicted octanol–water partition coefficient (Wildman–Crippen LogP) is 4.54. The lowest BCUT2D eigenvalue weighted by Gasteiger charge is -2.24. The van der Waals surface area contributed by atoms with E-state index in [1.807, 2.05) is 6.07 Å². The summed E-state index contributed by atoms with van der Waals surface area (Å²) in [6.07, 6.45) is -3.56. The summed E-state index contributed by atoms with van der Waals surface area (Å²) in [4.78, 5) is 0. The van der Waals surface area contributed by atoms with Gasteiger partial charge in [0, 0.05) is 23.2 Å². The maximum absolute atomic E-state index is 13.4. The first-order valence-electron chi connectivity index (χ1n) is 11.6. The molecule has 0 atom stereocenters. The molecule has 1 aliphatic heterocycles. The molecule has 11 heteroatoms. The van der Waals surface area contributed by atoms with Crippen LogP contribution < -0.4 is 15.4 Å². The number of aromatic nitrogens is 1. The minimum atomic E-state index is -4.45. The number of methoxy groups -OCH3 is 1. The molecule has 0 amide bonds. The number of halogens is 3. The highest BCUT2D eigenvalue weighted by Crippen LogP contribution is 2.31. The molecule has 1 aliphatic rings. The third-order valence-electron chi connectivity index (χ3n) is 6.11. The summed E-state index contributed by atoms with van der Waals surface area (Å²) >= 11 is 0. The van der Waals surface area contributed by atoms with Crippen LogP contribution in [0.25, 0.3) is 10.9 Å². The van der Waals surface area contributed by atoms with Crippen molar-refractivity contribution in [3.8, 4) is 23.7 Å². The fraction of sp³-hybridized carbons (Fsp3) is 0.346. The summed E-state index contributed by atoms with van der Waals surface area (Å²) in [6.45, 7) is -1.06. The highest BCUT2D eigenvalue weighted by Gasteiger charge is 2.30. The van der Waals surface area contributed by atoms with Gasteiger partial charge in [-0.3, -0.25) is 0 Å². The third kappa shape index (κ3) is 6.49. The molecule has 1 fully saturated rings. The van der Waals surface area contributed by atoms with Gasteiger partial charge in [-0.25, -0.2) is 8.42 Å². The van der Waals surface area contributed by atoms with Crippen LogP contribution in [0, 0.1) is 23.2 Å². The van der Waals surface area contributed by atoms with E-state index >= 15 is 0 Å². The summed E-state index contributed by atoms with van der Waals surface area (Å²) < 4.78 is 70.2. The van der Waals surface area contributed by atoms with Crippen molar-refractivity contribution in [3.63, 3.8) is 0 Å². The lowest BCUT2D eigenvalue weighted by Crippen LogP contribution is -2.32. The minimum Gasteiger partial charge on any atom is -0.495 e. The lowest BCUT2D eigenvalue weighted by molar-refractivity contribution is -0.140. The van der Waals surface area contributed by atoms with E-state index in [4.69, 9.17) is 10.00 Å². The predicted molar refractivity (Wildman–Crippen MR) is 136 cm³/mol. The normalized spacial score (nSPS) is 15.4. The van der Waals surface area contributed by atoms with Gasteiger partial charge < -0.3 is 19.9 Å². The Morgan fingerprint density at radius 2 is 1.89 bits per heavy atom. The highest BCUT2D eigenvalue weighted by atomic mass is 32.2. The van der Waals surface area contributed by atoms with E-state index in [1.165, 1.54) is 7.11 Å². The number of benzene rings is 2. The maximum atomic E-state index is 13.4. The van der Waals surface area contributed by atoms with E-state index in [-0.39, 0.29) is 29.8 Å². The molecule has 2 heterocycles. The molecular weight excluding hydrogens is 505 g/mol. The van der Waals surface area contributed by atoms with E-state index in [0.717, 1.165) is 4.57 Å². The molecule has 194 valence electrons. The number of fused-ring (bicyclic) bond motifs is 1. The van der Waals surface area contributed by atoms with Gasteiger partial charge in [-0.2, -0.15) is 18.4 Å². The van der Waals surface area contributed by atoms with Crippen LogP contribution >= 0.6 is 0 Å². The van der Waals surface area contributed by atoms with Crippen molar-refractivity contribution in [2.75, 3.05) is 35.8 Å². The molecular formula is C26H25F3N4O3S. The first-order chi connectivity index (χ1) is 17.6. The molecule has 0 bridgehead atoms. The zero-order valence-electron chi connectivity index (χ0n) is 20.0. The Morgan fingerprint density at radius 3 is 2.57 bits per heavy atom. The van der Waals surface area contributed by atoms with E-state index in [1.54, 1.807) is 42.5 Å². The van der Waals surface area contributed by atoms with E-state index in [0.29, 0.717) is 46.4 Å². The molecule has 1 saturated heterocycles. The number of alkyl halides is 3. The molecule has 3 aromatic rings. The Morgan fingerprint density at radius 1 is 1.14 bits per heavy atom. The Kier molecular flexibility index (Phi) is 7.55. The van der Waals surface area contributed by atoms with Crippen LogP contribution in [-0.4, -0.2) is 50.4 Å². The fourth-order valence-corrected chi connectivity index (χ4v) is 5.79. The lowest BCUT2D eigenvalue weighted by atomic mass is 10.1. The minimum absolute atomic E-state index is 0.0822. The number of rotatable bonds is 6. The van der Waals surface area contributed by atoms with Crippen molar-refractivity contribution in [3.05, 3.63) is 53.7 Å². The molecule has 1 aromatic heterocycles. The summed E-state index contributed by atoms with van der Waals surface area (Å²) in [5, 5.41) is 16.0. The van der Waals surface area contributed by atoms with Gasteiger partial charge in [0.15, 0.2) is 0 Å². The van der Waals surface area contributed by atoms with Crippen LogP contribution in [0.3, 0.4) is 0 Å². The van der Waals surface area contributed by atoms with Crippen LogP contribution in [0.15, 0.2) is 42.5 Å². The number of nitrogens with one attached hydrogen (secondary N) is 2. The van der Waals surface area contributed by atoms with Gasteiger partial charge in [-0.1, -0.05) is 12.0 Å². The average Bonchev–Trinajstić information content (AvgIpc) is 3.19. The monoisotopic (exact) mass is 530 g/mol. The smallest absolute Gasteiger partial charge is 0.406 e. The van der Waals surface area contributed by atoms with Gasteiger partial charge in [0.2, 0.25) is 0 Å². The van der Waals surface area contributed by atoms with Gasteiger partial charge in [0.25, 0.3) is 0 Å². The van der Waals surface area contributed by atoms with Gasteiger partial charge in [0.1, 0.15) is 22.1 Å². The van der Waals surface area contributed by atoms with Crippen molar-refractivity contribution < 1.29 is 26.3 Å². The molecule has 4 rings (SSSR count). The highest BCUT2D eigenvalue weighted by molar-refractivity contribution is 7.91. The second kappa shape index (κ2) is 10.7.